The molecule has 2 aliphatic rings. The van der Waals surface area contributed by atoms with E-state index in [0.29, 0.717) is 23.3 Å². The molecule has 1 amide bonds. The van der Waals surface area contributed by atoms with E-state index in [0.717, 1.165) is 43.9 Å². The Kier molecular flexibility index (Phi) is 4.30. The zero-order valence-electron chi connectivity index (χ0n) is 12.2. The Morgan fingerprint density at radius 1 is 1.38 bits per heavy atom. The molecule has 2 fully saturated rings. The molecule has 1 unspecified atom stereocenters. The van der Waals surface area contributed by atoms with Crippen LogP contribution in [-0.4, -0.2) is 35.6 Å². The van der Waals surface area contributed by atoms with Crippen molar-refractivity contribution in [3.05, 3.63) is 5.56 Å². The van der Waals surface area contributed by atoms with Crippen molar-refractivity contribution in [2.75, 3.05) is 24.3 Å². The summed E-state index contributed by atoms with van der Waals surface area (Å²) in [6.45, 7) is 3.78. The third-order valence-electron chi connectivity index (χ3n) is 4.19. The van der Waals surface area contributed by atoms with Gasteiger partial charge in [0.05, 0.1) is 0 Å². The molecule has 1 saturated heterocycles. The van der Waals surface area contributed by atoms with E-state index in [1.807, 2.05) is 0 Å². The number of ether oxygens (including phenoxy) is 1. The van der Waals surface area contributed by atoms with Crippen molar-refractivity contribution in [1.29, 1.82) is 0 Å². The average molecular weight is 310 g/mol. The lowest BCUT2D eigenvalue weighted by atomic mass is 9.93. The van der Waals surface area contributed by atoms with Crippen LogP contribution < -0.4 is 16.4 Å². The standard InChI is InChI=1S/C14H22N4O2S/c1-8(9-4-6-20-7-5-9)16-14-11(12(15)18-21-14)13(19)17-10-2-3-10/h8-10,16H,2-7H2,1H3,(H2,15,18)(H,17,19). The van der Waals surface area contributed by atoms with Gasteiger partial charge < -0.3 is 21.1 Å². The van der Waals surface area contributed by atoms with Gasteiger partial charge in [-0.25, -0.2) is 0 Å². The Morgan fingerprint density at radius 3 is 2.76 bits per heavy atom. The Bertz CT molecular complexity index is 509. The van der Waals surface area contributed by atoms with Crippen molar-refractivity contribution in [3.8, 4) is 0 Å². The number of hydrogen-bond acceptors (Lipinski definition) is 6. The molecule has 21 heavy (non-hydrogen) atoms. The average Bonchev–Trinajstić information content (AvgIpc) is 3.22. The second-order valence-electron chi connectivity index (χ2n) is 5.90. The summed E-state index contributed by atoms with van der Waals surface area (Å²) in [5, 5.41) is 7.20. The number of nitrogens with zero attached hydrogens (tertiary/aromatic N) is 1. The fourth-order valence-electron chi connectivity index (χ4n) is 2.65. The van der Waals surface area contributed by atoms with Gasteiger partial charge in [-0.2, -0.15) is 4.37 Å². The number of rotatable bonds is 5. The number of aromatic nitrogens is 1. The first-order valence-electron chi connectivity index (χ1n) is 7.55. The maximum atomic E-state index is 12.3. The first-order chi connectivity index (χ1) is 10.1. The first-order valence-corrected chi connectivity index (χ1v) is 8.32. The zero-order valence-corrected chi connectivity index (χ0v) is 13.0. The molecule has 1 saturated carbocycles. The molecule has 1 aromatic rings. The number of carbonyl (C=O) groups is 1. The number of hydrogen-bond donors (Lipinski definition) is 3. The van der Waals surface area contributed by atoms with Gasteiger partial charge in [-0.1, -0.05) is 0 Å². The van der Waals surface area contributed by atoms with E-state index in [1.165, 1.54) is 11.5 Å². The Labute approximate surface area is 128 Å². The summed E-state index contributed by atoms with van der Waals surface area (Å²) in [6.07, 6.45) is 4.22. The quantitative estimate of drug-likeness (QED) is 0.772. The first kappa shape index (κ1) is 14.6. The van der Waals surface area contributed by atoms with Gasteiger partial charge in [0.2, 0.25) is 0 Å². The van der Waals surface area contributed by atoms with Crippen molar-refractivity contribution in [2.45, 2.75) is 44.7 Å². The normalized spacial score (nSPS) is 21.0. The summed E-state index contributed by atoms with van der Waals surface area (Å²) in [5.74, 6) is 0.770. The molecule has 0 radical (unpaired) electrons. The molecule has 2 heterocycles. The van der Waals surface area contributed by atoms with E-state index in [1.54, 1.807) is 0 Å². The van der Waals surface area contributed by atoms with Gasteiger partial charge in [0.1, 0.15) is 10.6 Å². The minimum absolute atomic E-state index is 0.106. The van der Waals surface area contributed by atoms with Crippen LogP contribution in [0.4, 0.5) is 10.8 Å². The van der Waals surface area contributed by atoms with Crippen LogP contribution in [0.1, 0.15) is 43.0 Å². The van der Waals surface area contributed by atoms with E-state index >= 15 is 0 Å². The molecular formula is C14H22N4O2S. The van der Waals surface area contributed by atoms with E-state index in [-0.39, 0.29) is 11.9 Å². The van der Waals surface area contributed by atoms with Crippen LogP contribution in [0.5, 0.6) is 0 Å². The monoisotopic (exact) mass is 310 g/mol. The molecule has 1 aliphatic heterocycles. The number of nitrogen functional groups attached to an aromatic ring is 1. The predicted octanol–water partition coefficient (Wildman–Crippen LogP) is 1.84. The van der Waals surface area contributed by atoms with Gasteiger partial charge in [0.25, 0.3) is 5.91 Å². The van der Waals surface area contributed by atoms with E-state index in [2.05, 4.69) is 21.9 Å². The van der Waals surface area contributed by atoms with Crippen molar-refractivity contribution >= 4 is 28.3 Å². The fourth-order valence-corrected chi connectivity index (χ4v) is 3.45. The maximum absolute atomic E-state index is 12.3. The highest BCUT2D eigenvalue weighted by Gasteiger charge is 2.29. The van der Waals surface area contributed by atoms with E-state index in [9.17, 15) is 4.79 Å². The molecule has 1 atom stereocenters. The third kappa shape index (κ3) is 3.47. The summed E-state index contributed by atoms with van der Waals surface area (Å²) in [5.41, 5.74) is 6.38. The molecule has 6 nitrogen and oxygen atoms in total. The van der Waals surface area contributed by atoms with Gasteiger partial charge in [-0.05, 0) is 50.1 Å². The second kappa shape index (κ2) is 6.19. The lowest BCUT2D eigenvalue weighted by Gasteiger charge is -2.28. The van der Waals surface area contributed by atoms with Crippen molar-refractivity contribution in [2.24, 2.45) is 5.92 Å². The smallest absolute Gasteiger partial charge is 0.258 e. The van der Waals surface area contributed by atoms with Crippen LogP contribution in [0.15, 0.2) is 0 Å². The van der Waals surface area contributed by atoms with E-state index in [4.69, 9.17) is 10.5 Å². The van der Waals surface area contributed by atoms with Gasteiger partial charge in [-0.3, -0.25) is 4.79 Å². The largest absolute Gasteiger partial charge is 0.382 e. The highest BCUT2D eigenvalue weighted by Crippen LogP contribution is 2.31. The van der Waals surface area contributed by atoms with Crippen LogP contribution >= 0.6 is 11.5 Å². The molecule has 0 aromatic carbocycles. The Balaban J connectivity index is 1.68. The molecule has 1 aromatic heterocycles. The van der Waals surface area contributed by atoms with E-state index < -0.39 is 0 Å². The van der Waals surface area contributed by atoms with Crippen LogP contribution in [0.2, 0.25) is 0 Å². The molecule has 0 bridgehead atoms. The van der Waals surface area contributed by atoms with Crippen LogP contribution in [0, 0.1) is 5.92 Å². The van der Waals surface area contributed by atoms with Gasteiger partial charge in [0.15, 0.2) is 5.82 Å². The molecule has 3 rings (SSSR count). The lowest BCUT2D eigenvalue weighted by Crippen LogP contribution is -2.32. The fraction of sp³-hybridized carbons (Fsp3) is 0.714. The minimum Gasteiger partial charge on any atom is -0.382 e. The molecule has 0 spiro atoms. The van der Waals surface area contributed by atoms with Crippen molar-refractivity contribution < 1.29 is 9.53 Å². The molecular weight excluding hydrogens is 288 g/mol. The molecule has 116 valence electrons. The summed E-state index contributed by atoms with van der Waals surface area (Å²) >= 11 is 1.27. The zero-order chi connectivity index (χ0) is 14.8. The van der Waals surface area contributed by atoms with Crippen molar-refractivity contribution in [3.63, 3.8) is 0 Å². The number of carbonyl (C=O) groups excluding carboxylic acids is 1. The van der Waals surface area contributed by atoms with Crippen molar-refractivity contribution in [1.82, 2.24) is 9.69 Å². The Hall–Kier alpha value is -1.34. The highest BCUT2D eigenvalue weighted by atomic mass is 32.1. The number of nitrogens with two attached hydrogens (primary N) is 1. The van der Waals surface area contributed by atoms with Gasteiger partial charge >= 0.3 is 0 Å². The predicted molar refractivity (Wildman–Crippen MR) is 83.6 cm³/mol. The minimum atomic E-state index is -0.106. The SMILES string of the molecule is CC(Nc1snc(N)c1C(=O)NC1CC1)C1CCOCC1. The highest BCUT2D eigenvalue weighted by molar-refractivity contribution is 7.11. The Morgan fingerprint density at radius 2 is 2.10 bits per heavy atom. The lowest BCUT2D eigenvalue weighted by molar-refractivity contribution is 0.0622. The maximum Gasteiger partial charge on any atom is 0.258 e. The molecule has 7 heteroatoms. The number of amides is 1. The van der Waals surface area contributed by atoms with Crippen LogP contribution in [0.3, 0.4) is 0 Å². The third-order valence-corrected chi connectivity index (χ3v) is 4.98. The van der Waals surface area contributed by atoms with Crippen LogP contribution in [-0.2, 0) is 4.74 Å². The van der Waals surface area contributed by atoms with Gasteiger partial charge in [-0.15, -0.1) is 0 Å². The number of nitrogens with one attached hydrogen (secondary N) is 2. The van der Waals surface area contributed by atoms with Crippen LogP contribution in [0.25, 0.3) is 0 Å². The topological polar surface area (TPSA) is 89.3 Å². The van der Waals surface area contributed by atoms with Gasteiger partial charge in [0, 0.05) is 25.3 Å². The summed E-state index contributed by atoms with van der Waals surface area (Å²) in [6, 6.07) is 0.596. The number of anilines is 2. The second-order valence-corrected chi connectivity index (χ2v) is 6.68. The summed E-state index contributed by atoms with van der Waals surface area (Å²) in [7, 11) is 0. The molecule has 4 N–H and O–H groups in total. The molecule has 1 aliphatic carbocycles. The summed E-state index contributed by atoms with van der Waals surface area (Å²) < 4.78 is 9.53. The summed E-state index contributed by atoms with van der Waals surface area (Å²) in [4.78, 5) is 12.3.